The summed E-state index contributed by atoms with van der Waals surface area (Å²) < 4.78 is 5.21. The summed E-state index contributed by atoms with van der Waals surface area (Å²) in [5, 5.41) is 7.71. The molecule has 2 aromatic carbocycles. The fourth-order valence-corrected chi connectivity index (χ4v) is 1.79. The Bertz CT molecular complexity index is 686. The molecule has 6 heteroatoms. The van der Waals surface area contributed by atoms with Crippen molar-refractivity contribution >= 4 is 23.5 Å². The van der Waals surface area contributed by atoms with Crippen molar-refractivity contribution in [1.82, 2.24) is 5.32 Å². The van der Waals surface area contributed by atoms with Crippen LogP contribution in [0.3, 0.4) is 0 Å². The molecule has 3 N–H and O–H groups in total. The summed E-state index contributed by atoms with van der Waals surface area (Å²) in [6.07, 6.45) is -0.591. The normalized spacial score (nSPS) is 9.73. The second-order valence-corrected chi connectivity index (χ2v) is 4.56. The Labute approximate surface area is 128 Å². The van der Waals surface area contributed by atoms with Crippen molar-refractivity contribution in [2.24, 2.45) is 0 Å². The molecule has 0 aromatic heterocycles. The zero-order valence-electron chi connectivity index (χ0n) is 12.3. The molecule has 0 saturated carbocycles. The van der Waals surface area contributed by atoms with Crippen LogP contribution in [0.5, 0.6) is 5.75 Å². The summed E-state index contributed by atoms with van der Waals surface area (Å²) in [5.74, 6) is 0.333. The molecule has 22 heavy (non-hydrogen) atoms. The molecule has 114 valence electrons. The molecule has 0 bridgehead atoms. The molecular formula is C16H17N3O3. The minimum Gasteiger partial charge on any atom is -0.410 e. The van der Waals surface area contributed by atoms with Crippen LogP contribution in [0.1, 0.15) is 5.56 Å². The first-order valence-electron chi connectivity index (χ1n) is 6.72. The van der Waals surface area contributed by atoms with E-state index in [1.807, 2.05) is 25.1 Å². The average Bonchev–Trinajstić information content (AvgIpc) is 2.50. The second kappa shape index (κ2) is 7.12. The van der Waals surface area contributed by atoms with E-state index in [1.54, 1.807) is 30.3 Å². The fraction of sp³-hybridized carbons (Fsp3) is 0.125. The Morgan fingerprint density at radius 1 is 1.00 bits per heavy atom. The molecule has 0 aliphatic rings. The van der Waals surface area contributed by atoms with Crippen LogP contribution in [0.25, 0.3) is 0 Å². The van der Waals surface area contributed by atoms with E-state index in [0.29, 0.717) is 17.1 Å². The average molecular weight is 299 g/mol. The lowest BCUT2D eigenvalue weighted by Gasteiger charge is -2.10. The predicted octanol–water partition coefficient (Wildman–Crippen LogP) is 3.36. The van der Waals surface area contributed by atoms with Gasteiger partial charge in [0.15, 0.2) is 0 Å². The van der Waals surface area contributed by atoms with Gasteiger partial charge in [0, 0.05) is 24.5 Å². The Morgan fingerprint density at radius 2 is 1.77 bits per heavy atom. The summed E-state index contributed by atoms with van der Waals surface area (Å²) in [6, 6.07) is 13.6. The van der Waals surface area contributed by atoms with Gasteiger partial charge in [-0.15, -0.1) is 0 Å². The van der Waals surface area contributed by atoms with Gasteiger partial charge in [0.05, 0.1) is 0 Å². The van der Waals surface area contributed by atoms with Crippen molar-refractivity contribution in [3.05, 3.63) is 54.1 Å². The molecule has 3 amide bonds. The lowest BCUT2D eigenvalue weighted by Crippen LogP contribution is -2.24. The Hall–Kier alpha value is -3.02. The fourth-order valence-electron chi connectivity index (χ4n) is 1.79. The molecule has 0 fully saturated rings. The van der Waals surface area contributed by atoms with Gasteiger partial charge >= 0.3 is 12.1 Å². The van der Waals surface area contributed by atoms with Crippen LogP contribution < -0.4 is 20.7 Å². The van der Waals surface area contributed by atoms with Crippen molar-refractivity contribution in [2.45, 2.75) is 6.92 Å². The van der Waals surface area contributed by atoms with Crippen molar-refractivity contribution in [2.75, 3.05) is 17.7 Å². The summed E-state index contributed by atoms with van der Waals surface area (Å²) in [4.78, 5) is 23.1. The number of para-hydroxylation sites is 1. The van der Waals surface area contributed by atoms with E-state index >= 15 is 0 Å². The number of benzene rings is 2. The van der Waals surface area contributed by atoms with E-state index in [1.165, 1.54) is 7.05 Å². The van der Waals surface area contributed by atoms with E-state index in [-0.39, 0.29) is 6.03 Å². The van der Waals surface area contributed by atoms with Gasteiger partial charge in [0.1, 0.15) is 5.75 Å². The summed E-state index contributed by atoms with van der Waals surface area (Å²) in [7, 11) is 1.52. The standard InChI is InChI=1S/C16H17N3O3/c1-11-6-3-4-9-14(11)19-16(21)22-13-8-5-7-12(10-13)18-15(20)17-2/h3-10H,1-2H3,(H,19,21)(H2,17,18,20). The van der Waals surface area contributed by atoms with E-state index < -0.39 is 6.09 Å². The van der Waals surface area contributed by atoms with Gasteiger partial charge < -0.3 is 15.4 Å². The Morgan fingerprint density at radius 3 is 2.50 bits per heavy atom. The molecule has 0 aliphatic carbocycles. The number of ether oxygens (including phenoxy) is 1. The molecule has 0 unspecified atom stereocenters. The summed E-state index contributed by atoms with van der Waals surface area (Å²) in [6.45, 7) is 1.89. The number of hydrogen-bond acceptors (Lipinski definition) is 3. The monoisotopic (exact) mass is 299 g/mol. The topological polar surface area (TPSA) is 79.5 Å². The zero-order valence-corrected chi connectivity index (χ0v) is 12.3. The third-order valence-corrected chi connectivity index (χ3v) is 2.91. The summed E-state index contributed by atoms with van der Waals surface area (Å²) in [5.41, 5.74) is 2.15. The first kappa shape index (κ1) is 15.4. The molecule has 0 saturated heterocycles. The van der Waals surface area contributed by atoms with Gasteiger partial charge in [0.25, 0.3) is 0 Å². The molecule has 6 nitrogen and oxygen atoms in total. The van der Waals surface area contributed by atoms with E-state index in [9.17, 15) is 9.59 Å². The van der Waals surface area contributed by atoms with Crippen molar-refractivity contribution in [3.8, 4) is 5.75 Å². The first-order valence-corrected chi connectivity index (χ1v) is 6.72. The van der Waals surface area contributed by atoms with Crippen LogP contribution >= 0.6 is 0 Å². The third kappa shape index (κ3) is 4.24. The van der Waals surface area contributed by atoms with E-state index in [2.05, 4.69) is 16.0 Å². The minimum absolute atomic E-state index is 0.333. The smallest absolute Gasteiger partial charge is 0.410 e. The van der Waals surface area contributed by atoms with Crippen LogP contribution in [-0.2, 0) is 0 Å². The summed E-state index contributed by atoms with van der Waals surface area (Å²) >= 11 is 0. The molecule has 2 rings (SSSR count). The van der Waals surface area contributed by atoms with Gasteiger partial charge in [-0.25, -0.2) is 9.59 Å². The Balaban J connectivity index is 2.01. The largest absolute Gasteiger partial charge is 0.417 e. The first-order chi connectivity index (χ1) is 10.6. The highest BCUT2D eigenvalue weighted by Crippen LogP contribution is 2.19. The highest BCUT2D eigenvalue weighted by molar-refractivity contribution is 5.90. The van der Waals surface area contributed by atoms with Gasteiger partial charge in [-0.1, -0.05) is 24.3 Å². The maximum Gasteiger partial charge on any atom is 0.417 e. The van der Waals surface area contributed by atoms with Crippen LogP contribution in [0, 0.1) is 6.92 Å². The zero-order chi connectivity index (χ0) is 15.9. The maximum atomic E-state index is 11.9. The number of aryl methyl sites for hydroxylation is 1. The Kier molecular flexibility index (Phi) is 4.98. The highest BCUT2D eigenvalue weighted by atomic mass is 16.6. The second-order valence-electron chi connectivity index (χ2n) is 4.56. The number of nitrogens with one attached hydrogen (secondary N) is 3. The number of carbonyl (C=O) groups excluding carboxylic acids is 2. The highest BCUT2D eigenvalue weighted by Gasteiger charge is 2.07. The van der Waals surface area contributed by atoms with Gasteiger partial charge in [0.2, 0.25) is 0 Å². The lowest BCUT2D eigenvalue weighted by molar-refractivity contribution is 0.215. The quantitative estimate of drug-likeness (QED) is 0.813. The molecule has 2 aromatic rings. The molecular weight excluding hydrogens is 282 g/mol. The molecule has 0 radical (unpaired) electrons. The van der Waals surface area contributed by atoms with E-state index in [4.69, 9.17) is 4.74 Å². The van der Waals surface area contributed by atoms with Crippen LogP contribution in [0.2, 0.25) is 0 Å². The van der Waals surface area contributed by atoms with Gasteiger partial charge in [-0.2, -0.15) is 0 Å². The lowest BCUT2D eigenvalue weighted by atomic mass is 10.2. The van der Waals surface area contributed by atoms with Crippen molar-refractivity contribution in [1.29, 1.82) is 0 Å². The number of carbonyl (C=O) groups is 2. The molecule has 0 atom stereocenters. The van der Waals surface area contributed by atoms with Gasteiger partial charge in [-0.3, -0.25) is 5.32 Å². The number of hydrogen-bond donors (Lipinski definition) is 3. The van der Waals surface area contributed by atoms with Crippen LogP contribution in [-0.4, -0.2) is 19.2 Å². The van der Waals surface area contributed by atoms with Crippen molar-refractivity contribution in [3.63, 3.8) is 0 Å². The molecule has 0 aliphatic heterocycles. The minimum atomic E-state index is -0.591. The number of amides is 3. The van der Waals surface area contributed by atoms with Crippen molar-refractivity contribution < 1.29 is 14.3 Å². The predicted molar refractivity (Wildman–Crippen MR) is 85.3 cm³/mol. The molecule has 0 heterocycles. The number of anilines is 2. The third-order valence-electron chi connectivity index (χ3n) is 2.91. The number of urea groups is 1. The maximum absolute atomic E-state index is 11.9. The molecule has 0 spiro atoms. The van der Waals surface area contributed by atoms with Crippen LogP contribution in [0.4, 0.5) is 21.0 Å². The SMILES string of the molecule is CNC(=O)Nc1cccc(OC(=O)Nc2ccccc2C)c1. The van der Waals surface area contributed by atoms with E-state index in [0.717, 1.165) is 5.56 Å². The number of rotatable bonds is 3. The van der Waals surface area contributed by atoms with Crippen LogP contribution in [0.15, 0.2) is 48.5 Å². The van der Waals surface area contributed by atoms with Gasteiger partial charge in [-0.05, 0) is 30.7 Å².